The normalized spacial score (nSPS) is 10.3. The van der Waals surface area contributed by atoms with Crippen LogP contribution in [0, 0.1) is 0 Å². The van der Waals surface area contributed by atoms with Crippen LogP contribution >= 0.6 is 11.6 Å². The Bertz CT molecular complexity index is 469. The molecule has 0 fully saturated rings. The first-order valence-corrected chi connectivity index (χ1v) is 6.95. The number of carbonyl (C=O) groups is 1. The lowest BCUT2D eigenvalue weighted by molar-refractivity contribution is -0.123. The maximum atomic E-state index is 11.6. The van der Waals surface area contributed by atoms with Gasteiger partial charge in [0.2, 0.25) is 0 Å². The first kappa shape index (κ1) is 17.6. The van der Waals surface area contributed by atoms with E-state index in [1.807, 2.05) is 0 Å². The summed E-state index contributed by atoms with van der Waals surface area (Å²) in [5.41, 5.74) is 6.39. The molecule has 1 aromatic rings. The van der Waals surface area contributed by atoms with Crippen LogP contribution in [-0.4, -0.2) is 39.9 Å². The summed E-state index contributed by atoms with van der Waals surface area (Å²) in [6.45, 7) is 1.34. The zero-order chi connectivity index (χ0) is 15.7. The number of rotatable bonds is 9. The fourth-order valence-corrected chi connectivity index (χ4v) is 1.95. The number of methoxy groups -OCH3 is 2. The van der Waals surface area contributed by atoms with Gasteiger partial charge >= 0.3 is 0 Å². The molecule has 1 amide bonds. The van der Waals surface area contributed by atoms with Gasteiger partial charge in [-0.05, 0) is 24.1 Å². The van der Waals surface area contributed by atoms with Crippen LogP contribution in [-0.2, 0) is 16.1 Å². The Labute approximate surface area is 129 Å². The molecule has 0 radical (unpaired) electrons. The Kier molecular flexibility index (Phi) is 7.89. The predicted molar refractivity (Wildman–Crippen MR) is 80.9 cm³/mol. The van der Waals surface area contributed by atoms with Gasteiger partial charge in [0.15, 0.2) is 18.1 Å². The molecule has 0 atom stereocenters. The van der Waals surface area contributed by atoms with Crippen LogP contribution in [0.2, 0.25) is 5.02 Å². The fourth-order valence-electron chi connectivity index (χ4n) is 1.66. The van der Waals surface area contributed by atoms with Crippen LogP contribution in [0.25, 0.3) is 0 Å². The minimum absolute atomic E-state index is 0.134. The number of nitrogens with one attached hydrogen (secondary N) is 1. The molecule has 0 aromatic heterocycles. The van der Waals surface area contributed by atoms with E-state index in [4.69, 9.17) is 31.5 Å². The third-order valence-corrected chi connectivity index (χ3v) is 3.00. The second kappa shape index (κ2) is 9.44. The van der Waals surface area contributed by atoms with Gasteiger partial charge in [-0.2, -0.15) is 0 Å². The van der Waals surface area contributed by atoms with Gasteiger partial charge < -0.3 is 25.3 Å². The summed E-state index contributed by atoms with van der Waals surface area (Å²) >= 11 is 6.11. The molecule has 0 bridgehead atoms. The average molecular weight is 317 g/mol. The molecule has 0 heterocycles. The lowest BCUT2D eigenvalue weighted by atomic mass is 10.2. The summed E-state index contributed by atoms with van der Waals surface area (Å²) in [5.74, 6) is 0.561. The van der Waals surface area contributed by atoms with Gasteiger partial charge in [0.1, 0.15) is 0 Å². The number of hydrogen-bond acceptors (Lipinski definition) is 5. The zero-order valence-corrected chi connectivity index (χ0v) is 13.0. The summed E-state index contributed by atoms with van der Waals surface area (Å²) in [6.07, 6.45) is 0.748. The van der Waals surface area contributed by atoms with Crippen molar-refractivity contribution < 1.29 is 19.0 Å². The highest BCUT2D eigenvalue weighted by atomic mass is 35.5. The summed E-state index contributed by atoms with van der Waals surface area (Å²) < 4.78 is 15.5. The largest absolute Gasteiger partial charge is 0.493 e. The smallest absolute Gasteiger partial charge is 0.257 e. The van der Waals surface area contributed by atoms with Crippen molar-refractivity contribution >= 4 is 17.5 Å². The second-order valence-corrected chi connectivity index (χ2v) is 4.71. The maximum absolute atomic E-state index is 11.6. The van der Waals surface area contributed by atoms with E-state index < -0.39 is 0 Å². The van der Waals surface area contributed by atoms with E-state index in [1.165, 1.54) is 7.11 Å². The number of halogens is 1. The van der Waals surface area contributed by atoms with Crippen LogP contribution in [0.3, 0.4) is 0 Å². The van der Waals surface area contributed by atoms with Crippen molar-refractivity contribution in [2.24, 2.45) is 5.73 Å². The molecule has 0 aliphatic heterocycles. The maximum Gasteiger partial charge on any atom is 0.257 e. The van der Waals surface area contributed by atoms with Gasteiger partial charge in [0.05, 0.1) is 12.1 Å². The quantitative estimate of drug-likeness (QED) is 0.672. The Morgan fingerprint density at radius 2 is 2.14 bits per heavy atom. The highest BCUT2D eigenvalue weighted by molar-refractivity contribution is 6.32. The average Bonchev–Trinajstić information content (AvgIpc) is 2.49. The number of ether oxygens (including phenoxy) is 3. The molecule has 0 spiro atoms. The molecule has 0 saturated heterocycles. The van der Waals surface area contributed by atoms with E-state index >= 15 is 0 Å². The van der Waals surface area contributed by atoms with Crippen molar-refractivity contribution in [3.63, 3.8) is 0 Å². The molecule has 0 unspecified atom stereocenters. The molecule has 1 aromatic carbocycles. The number of amides is 1. The molecule has 0 aliphatic carbocycles. The van der Waals surface area contributed by atoms with Gasteiger partial charge in [-0.15, -0.1) is 0 Å². The van der Waals surface area contributed by atoms with Gasteiger partial charge in [-0.3, -0.25) is 4.79 Å². The van der Waals surface area contributed by atoms with E-state index in [-0.39, 0.29) is 12.5 Å². The van der Waals surface area contributed by atoms with Crippen molar-refractivity contribution in [3.8, 4) is 11.5 Å². The Morgan fingerprint density at radius 3 is 2.76 bits per heavy atom. The highest BCUT2D eigenvalue weighted by Crippen LogP contribution is 2.36. The molecule has 118 valence electrons. The molecule has 0 saturated carbocycles. The van der Waals surface area contributed by atoms with Crippen LogP contribution < -0.4 is 20.5 Å². The number of carbonyl (C=O) groups excluding carboxylic acids is 1. The summed E-state index contributed by atoms with van der Waals surface area (Å²) in [6, 6.07) is 3.42. The summed E-state index contributed by atoms with van der Waals surface area (Å²) in [5, 5.41) is 3.08. The van der Waals surface area contributed by atoms with Crippen LogP contribution in [0.5, 0.6) is 11.5 Å². The van der Waals surface area contributed by atoms with E-state index in [9.17, 15) is 4.79 Å². The molecular weight excluding hydrogens is 296 g/mol. The molecule has 3 N–H and O–H groups in total. The van der Waals surface area contributed by atoms with Crippen molar-refractivity contribution in [1.29, 1.82) is 0 Å². The minimum atomic E-state index is -0.230. The van der Waals surface area contributed by atoms with Gasteiger partial charge in [0.25, 0.3) is 5.91 Å². The van der Waals surface area contributed by atoms with Crippen molar-refractivity contribution in [2.75, 3.05) is 34.0 Å². The van der Waals surface area contributed by atoms with Crippen molar-refractivity contribution in [2.45, 2.75) is 13.0 Å². The van der Waals surface area contributed by atoms with Crippen LogP contribution in [0.15, 0.2) is 12.1 Å². The Morgan fingerprint density at radius 1 is 1.38 bits per heavy atom. The monoisotopic (exact) mass is 316 g/mol. The van der Waals surface area contributed by atoms with Crippen molar-refractivity contribution in [1.82, 2.24) is 5.32 Å². The number of benzene rings is 1. The summed E-state index contributed by atoms with van der Waals surface area (Å²) in [7, 11) is 3.12. The first-order valence-electron chi connectivity index (χ1n) is 6.57. The van der Waals surface area contributed by atoms with E-state index in [0.717, 1.165) is 12.0 Å². The third kappa shape index (κ3) is 5.79. The number of nitrogens with two attached hydrogens (primary N) is 1. The molecule has 7 heteroatoms. The lowest BCUT2D eigenvalue weighted by Crippen LogP contribution is -2.30. The topological polar surface area (TPSA) is 82.8 Å². The fraction of sp³-hybridized carbons (Fsp3) is 0.500. The molecule has 0 aliphatic rings. The van der Waals surface area contributed by atoms with Crippen LogP contribution in [0.4, 0.5) is 0 Å². The molecule has 6 nitrogen and oxygen atoms in total. The van der Waals surface area contributed by atoms with Gasteiger partial charge in [-0.25, -0.2) is 0 Å². The molecule has 1 rings (SSSR count). The highest BCUT2D eigenvalue weighted by Gasteiger charge is 2.13. The zero-order valence-electron chi connectivity index (χ0n) is 12.3. The van der Waals surface area contributed by atoms with E-state index in [2.05, 4.69) is 5.32 Å². The van der Waals surface area contributed by atoms with E-state index in [1.54, 1.807) is 19.2 Å². The van der Waals surface area contributed by atoms with Crippen LogP contribution in [0.1, 0.15) is 12.0 Å². The first-order chi connectivity index (χ1) is 10.1. The number of hydrogen-bond donors (Lipinski definition) is 2. The molecule has 21 heavy (non-hydrogen) atoms. The lowest BCUT2D eigenvalue weighted by Gasteiger charge is -2.13. The molecular formula is C14H21ClN2O4. The second-order valence-electron chi connectivity index (χ2n) is 4.30. The predicted octanol–water partition coefficient (Wildman–Crippen LogP) is 1.34. The minimum Gasteiger partial charge on any atom is -0.493 e. The van der Waals surface area contributed by atoms with Gasteiger partial charge in [0, 0.05) is 26.8 Å². The Hall–Kier alpha value is -1.50. The summed E-state index contributed by atoms with van der Waals surface area (Å²) in [4.78, 5) is 11.6. The standard InChI is InChI=1S/C14H21ClN2O4/c1-19-5-3-4-17-13(18)9-21-14-11(15)6-10(8-16)7-12(14)20-2/h6-7H,3-5,8-9,16H2,1-2H3,(H,17,18). The SMILES string of the molecule is COCCCNC(=O)COc1c(Cl)cc(CN)cc1OC. The van der Waals surface area contributed by atoms with Crippen molar-refractivity contribution in [3.05, 3.63) is 22.7 Å². The Balaban J connectivity index is 2.56. The third-order valence-electron chi connectivity index (χ3n) is 2.72. The van der Waals surface area contributed by atoms with Gasteiger partial charge in [-0.1, -0.05) is 11.6 Å². The van der Waals surface area contributed by atoms with E-state index in [0.29, 0.717) is 36.2 Å².